The molecule has 0 atom stereocenters. The van der Waals surface area contributed by atoms with E-state index in [2.05, 4.69) is 4.98 Å². The Morgan fingerprint density at radius 2 is 2.15 bits per heavy atom. The topological polar surface area (TPSA) is 43.3 Å². The summed E-state index contributed by atoms with van der Waals surface area (Å²) in [6, 6.07) is 1.66. The molecule has 0 saturated heterocycles. The molecular formula is C8H7Cl2N3. The lowest BCUT2D eigenvalue weighted by Crippen LogP contribution is -1.95. The Kier molecular flexibility index (Phi) is 2.15. The SMILES string of the molecule is NCc1cn2cc(Cl)cc(Cl)c2n1. The van der Waals surface area contributed by atoms with E-state index in [4.69, 9.17) is 28.9 Å². The van der Waals surface area contributed by atoms with Gasteiger partial charge in [-0.2, -0.15) is 0 Å². The molecule has 0 unspecified atom stereocenters. The molecule has 2 N–H and O–H groups in total. The molecule has 0 bridgehead atoms. The average Bonchev–Trinajstić information content (AvgIpc) is 2.47. The highest BCUT2D eigenvalue weighted by Gasteiger charge is 2.04. The summed E-state index contributed by atoms with van der Waals surface area (Å²) in [6.07, 6.45) is 3.56. The Morgan fingerprint density at radius 1 is 1.38 bits per heavy atom. The van der Waals surface area contributed by atoms with Crippen LogP contribution >= 0.6 is 23.2 Å². The largest absolute Gasteiger partial charge is 0.325 e. The lowest BCUT2D eigenvalue weighted by molar-refractivity contribution is 1.02. The minimum atomic E-state index is 0.398. The van der Waals surface area contributed by atoms with E-state index in [-0.39, 0.29) is 0 Å². The van der Waals surface area contributed by atoms with E-state index >= 15 is 0 Å². The number of nitrogens with two attached hydrogens (primary N) is 1. The molecule has 0 radical (unpaired) electrons. The van der Waals surface area contributed by atoms with Gasteiger partial charge in [-0.3, -0.25) is 0 Å². The normalized spacial score (nSPS) is 11.0. The summed E-state index contributed by atoms with van der Waals surface area (Å²) in [7, 11) is 0. The molecule has 0 aliphatic heterocycles. The van der Waals surface area contributed by atoms with Gasteiger partial charge in [0, 0.05) is 18.9 Å². The molecular weight excluding hydrogens is 209 g/mol. The fourth-order valence-electron chi connectivity index (χ4n) is 1.17. The van der Waals surface area contributed by atoms with Crippen LogP contribution in [0.15, 0.2) is 18.5 Å². The predicted molar refractivity (Wildman–Crippen MR) is 53.1 cm³/mol. The zero-order valence-corrected chi connectivity index (χ0v) is 8.18. The zero-order chi connectivity index (χ0) is 9.42. The number of nitrogens with zero attached hydrogens (tertiary/aromatic N) is 2. The number of halogens is 2. The maximum atomic E-state index is 5.92. The summed E-state index contributed by atoms with van der Waals surface area (Å²) in [5.41, 5.74) is 6.93. The van der Waals surface area contributed by atoms with Crippen LogP contribution in [0.3, 0.4) is 0 Å². The highest BCUT2D eigenvalue weighted by Crippen LogP contribution is 2.21. The van der Waals surface area contributed by atoms with E-state index in [0.29, 0.717) is 22.2 Å². The number of pyridine rings is 1. The van der Waals surface area contributed by atoms with Crippen molar-refractivity contribution >= 4 is 28.8 Å². The van der Waals surface area contributed by atoms with Crippen LogP contribution < -0.4 is 5.73 Å². The van der Waals surface area contributed by atoms with Gasteiger partial charge in [-0.25, -0.2) is 4.98 Å². The molecule has 13 heavy (non-hydrogen) atoms. The molecule has 0 fully saturated rings. The van der Waals surface area contributed by atoms with Gasteiger partial charge in [0.25, 0.3) is 0 Å². The molecule has 68 valence electrons. The van der Waals surface area contributed by atoms with E-state index in [9.17, 15) is 0 Å². The van der Waals surface area contributed by atoms with Gasteiger partial charge in [0.1, 0.15) is 0 Å². The van der Waals surface area contributed by atoms with Crippen LogP contribution in [0, 0.1) is 0 Å². The Labute approximate surface area is 85.1 Å². The molecule has 0 aliphatic carbocycles. The second-order valence-electron chi connectivity index (χ2n) is 2.67. The molecule has 0 aliphatic rings. The highest BCUT2D eigenvalue weighted by molar-refractivity contribution is 6.36. The predicted octanol–water partition coefficient (Wildman–Crippen LogP) is 2.10. The molecule has 0 spiro atoms. The summed E-state index contributed by atoms with van der Waals surface area (Å²) in [4.78, 5) is 4.22. The van der Waals surface area contributed by atoms with Gasteiger partial charge in [-0.1, -0.05) is 23.2 Å². The molecule has 2 heterocycles. The summed E-state index contributed by atoms with van der Waals surface area (Å²) in [6.45, 7) is 0.398. The van der Waals surface area contributed by atoms with Gasteiger partial charge < -0.3 is 10.1 Å². The molecule has 2 aromatic rings. The minimum Gasteiger partial charge on any atom is -0.325 e. The number of aromatic nitrogens is 2. The molecule has 5 heteroatoms. The molecule has 2 rings (SSSR count). The molecule has 3 nitrogen and oxygen atoms in total. The third kappa shape index (κ3) is 1.50. The van der Waals surface area contributed by atoms with E-state index in [1.807, 2.05) is 6.20 Å². The summed E-state index contributed by atoms with van der Waals surface area (Å²) in [5.74, 6) is 0. The van der Waals surface area contributed by atoms with E-state index < -0.39 is 0 Å². The van der Waals surface area contributed by atoms with Gasteiger partial charge in [-0.15, -0.1) is 0 Å². The van der Waals surface area contributed by atoms with Crippen molar-refractivity contribution in [3.8, 4) is 0 Å². The van der Waals surface area contributed by atoms with Crippen molar-refractivity contribution in [3.63, 3.8) is 0 Å². The number of rotatable bonds is 1. The quantitative estimate of drug-likeness (QED) is 0.793. The van der Waals surface area contributed by atoms with Gasteiger partial charge in [0.2, 0.25) is 0 Å². The zero-order valence-electron chi connectivity index (χ0n) is 6.67. The average molecular weight is 216 g/mol. The monoisotopic (exact) mass is 215 g/mol. The second-order valence-corrected chi connectivity index (χ2v) is 3.52. The van der Waals surface area contributed by atoms with Crippen molar-refractivity contribution in [2.75, 3.05) is 0 Å². The van der Waals surface area contributed by atoms with Crippen LogP contribution in [0.1, 0.15) is 5.69 Å². The van der Waals surface area contributed by atoms with Crippen molar-refractivity contribution in [3.05, 3.63) is 34.2 Å². The van der Waals surface area contributed by atoms with E-state index in [1.54, 1.807) is 16.7 Å². The number of hydrogen-bond donors (Lipinski definition) is 1. The molecule has 2 aromatic heterocycles. The standard InChI is InChI=1S/C8H7Cl2N3/c9-5-1-7(10)8-12-6(2-11)4-13(8)3-5/h1,3-4H,2,11H2. The van der Waals surface area contributed by atoms with E-state index in [1.165, 1.54) is 0 Å². The number of imidazole rings is 1. The molecule has 0 aromatic carbocycles. The fraction of sp³-hybridized carbons (Fsp3) is 0.125. The van der Waals surface area contributed by atoms with Crippen LogP contribution in [-0.4, -0.2) is 9.38 Å². The first-order chi connectivity index (χ1) is 6.20. The summed E-state index contributed by atoms with van der Waals surface area (Å²) in [5, 5.41) is 1.12. The lowest BCUT2D eigenvalue weighted by atomic mass is 10.5. The summed E-state index contributed by atoms with van der Waals surface area (Å²) >= 11 is 11.7. The third-order valence-electron chi connectivity index (χ3n) is 1.73. The number of hydrogen-bond acceptors (Lipinski definition) is 2. The summed E-state index contributed by atoms with van der Waals surface area (Å²) < 4.78 is 1.77. The van der Waals surface area contributed by atoms with Crippen molar-refractivity contribution in [2.45, 2.75) is 6.54 Å². The van der Waals surface area contributed by atoms with Crippen LogP contribution in [-0.2, 0) is 6.54 Å². The third-order valence-corrected chi connectivity index (χ3v) is 2.22. The van der Waals surface area contributed by atoms with Crippen LogP contribution in [0.4, 0.5) is 0 Å². The maximum Gasteiger partial charge on any atom is 0.156 e. The van der Waals surface area contributed by atoms with Gasteiger partial charge in [0.15, 0.2) is 5.65 Å². The van der Waals surface area contributed by atoms with Crippen molar-refractivity contribution in [2.24, 2.45) is 5.73 Å². The van der Waals surface area contributed by atoms with Gasteiger partial charge >= 0.3 is 0 Å². The molecule has 0 amide bonds. The highest BCUT2D eigenvalue weighted by atomic mass is 35.5. The maximum absolute atomic E-state index is 5.92. The Bertz CT molecular complexity index is 450. The van der Waals surface area contributed by atoms with Gasteiger partial charge in [-0.05, 0) is 6.07 Å². The number of fused-ring (bicyclic) bond motifs is 1. The Balaban J connectivity index is 2.75. The van der Waals surface area contributed by atoms with Crippen LogP contribution in [0.5, 0.6) is 0 Å². The first kappa shape index (κ1) is 8.81. The Hall–Kier alpha value is -0.770. The van der Waals surface area contributed by atoms with Crippen LogP contribution in [0.2, 0.25) is 10.0 Å². The van der Waals surface area contributed by atoms with Crippen molar-refractivity contribution < 1.29 is 0 Å². The molecule has 0 saturated carbocycles. The van der Waals surface area contributed by atoms with Gasteiger partial charge in [0.05, 0.1) is 15.7 Å². The lowest BCUT2D eigenvalue weighted by Gasteiger charge is -1.95. The smallest absolute Gasteiger partial charge is 0.156 e. The van der Waals surface area contributed by atoms with E-state index in [0.717, 1.165) is 5.69 Å². The first-order valence-corrected chi connectivity index (χ1v) is 4.49. The van der Waals surface area contributed by atoms with Crippen molar-refractivity contribution in [1.82, 2.24) is 9.38 Å². The first-order valence-electron chi connectivity index (χ1n) is 3.73. The van der Waals surface area contributed by atoms with Crippen molar-refractivity contribution in [1.29, 1.82) is 0 Å². The second kappa shape index (κ2) is 3.18. The van der Waals surface area contributed by atoms with Crippen LogP contribution in [0.25, 0.3) is 5.65 Å². The fourth-order valence-corrected chi connectivity index (χ4v) is 1.70. The minimum absolute atomic E-state index is 0.398. The Morgan fingerprint density at radius 3 is 2.85 bits per heavy atom.